The zero-order valence-corrected chi connectivity index (χ0v) is 14.3. The van der Waals surface area contributed by atoms with Gasteiger partial charge in [0.25, 0.3) is 0 Å². The predicted molar refractivity (Wildman–Crippen MR) is 98.2 cm³/mol. The van der Waals surface area contributed by atoms with Gasteiger partial charge in [-0.2, -0.15) is 0 Å². The van der Waals surface area contributed by atoms with Crippen molar-refractivity contribution in [3.05, 3.63) is 93.5 Å². The zero-order valence-electron chi connectivity index (χ0n) is 12.8. The van der Waals surface area contributed by atoms with E-state index in [4.69, 9.17) is 23.2 Å². The number of aromatic hydroxyl groups is 2. The molecular weight excluding hydrogens is 343 g/mol. The maximum absolute atomic E-state index is 9.68. The van der Waals surface area contributed by atoms with E-state index >= 15 is 0 Å². The lowest BCUT2D eigenvalue weighted by Crippen LogP contribution is -2.05. The third kappa shape index (κ3) is 3.66. The Labute approximate surface area is 150 Å². The van der Waals surface area contributed by atoms with Crippen molar-refractivity contribution in [2.75, 3.05) is 0 Å². The fraction of sp³-hybridized carbons (Fsp3) is 0.100. The van der Waals surface area contributed by atoms with E-state index in [0.717, 1.165) is 17.5 Å². The number of hydrogen-bond acceptors (Lipinski definition) is 2. The zero-order chi connectivity index (χ0) is 17.1. The van der Waals surface area contributed by atoms with Crippen molar-refractivity contribution in [2.24, 2.45) is 0 Å². The van der Waals surface area contributed by atoms with Crippen LogP contribution in [0.15, 0.2) is 66.7 Å². The molecule has 0 fully saturated rings. The fourth-order valence-corrected chi connectivity index (χ4v) is 3.14. The molecule has 2 N–H and O–H groups in total. The molecule has 0 heterocycles. The Morgan fingerprint density at radius 3 is 1.67 bits per heavy atom. The summed E-state index contributed by atoms with van der Waals surface area (Å²) in [4.78, 5) is 0. The summed E-state index contributed by atoms with van der Waals surface area (Å²) in [5.41, 5.74) is 3.13. The van der Waals surface area contributed by atoms with Crippen LogP contribution in [0.3, 0.4) is 0 Å². The summed E-state index contributed by atoms with van der Waals surface area (Å²) in [5.74, 6) is 0.119. The lowest BCUT2D eigenvalue weighted by molar-refractivity contribution is 0.475. The van der Waals surface area contributed by atoms with Crippen molar-refractivity contribution in [2.45, 2.75) is 12.3 Å². The number of phenols is 2. The summed E-state index contributed by atoms with van der Waals surface area (Å²) in [5, 5.41) is 20.0. The van der Waals surface area contributed by atoms with Crippen LogP contribution in [-0.4, -0.2) is 10.2 Å². The van der Waals surface area contributed by atoms with Crippen LogP contribution in [0.5, 0.6) is 11.5 Å². The number of phenolic OH excluding ortho intramolecular Hbond substituents is 2. The van der Waals surface area contributed by atoms with Gasteiger partial charge in [-0.25, -0.2) is 0 Å². The summed E-state index contributed by atoms with van der Waals surface area (Å²) < 4.78 is 0. The standard InChI is InChI=1S/C20H16Cl2O2/c21-17-11-14(6-8-19(17)23)16(10-13-4-2-1-3-5-13)15-7-9-20(24)18(22)12-15/h1-9,11-12,16,23-24H,10H2. The molecule has 0 aliphatic heterocycles. The first-order chi connectivity index (χ1) is 11.5. The first kappa shape index (κ1) is 16.7. The van der Waals surface area contributed by atoms with Crippen LogP contribution < -0.4 is 0 Å². The molecule has 0 saturated heterocycles. The molecule has 0 aromatic heterocycles. The van der Waals surface area contributed by atoms with E-state index in [0.29, 0.717) is 10.0 Å². The highest BCUT2D eigenvalue weighted by atomic mass is 35.5. The molecule has 3 rings (SSSR count). The topological polar surface area (TPSA) is 40.5 Å². The van der Waals surface area contributed by atoms with Gasteiger partial charge < -0.3 is 10.2 Å². The minimum atomic E-state index is 0.00333. The number of halogens is 2. The van der Waals surface area contributed by atoms with Gasteiger partial charge in [-0.1, -0.05) is 65.7 Å². The number of hydrogen-bond donors (Lipinski definition) is 2. The monoisotopic (exact) mass is 358 g/mol. The van der Waals surface area contributed by atoms with E-state index in [1.54, 1.807) is 24.3 Å². The molecule has 3 aromatic rings. The Balaban J connectivity index is 2.05. The maximum Gasteiger partial charge on any atom is 0.134 e. The molecule has 2 nitrogen and oxygen atoms in total. The van der Waals surface area contributed by atoms with Gasteiger partial charge in [-0.3, -0.25) is 0 Å². The summed E-state index contributed by atoms with van der Waals surface area (Å²) in [7, 11) is 0. The summed E-state index contributed by atoms with van der Waals surface area (Å²) in [6, 6.07) is 20.6. The van der Waals surface area contributed by atoms with Crippen LogP contribution in [0.4, 0.5) is 0 Å². The molecule has 4 heteroatoms. The largest absolute Gasteiger partial charge is 0.506 e. The third-order valence-corrected chi connectivity index (χ3v) is 4.64. The molecule has 0 amide bonds. The van der Waals surface area contributed by atoms with Crippen molar-refractivity contribution in [3.63, 3.8) is 0 Å². The molecule has 0 atom stereocenters. The van der Waals surface area contributed by atoms with Gasteiger partial charge in [0.05, 0.1) is 10.0 Å². The lowest BCUT2D eigenvalue weighted by atomic mass is 9.86. The third-order valence-electron chi connectivity index (χ3n) is 4.03. The minimum absolute atomic E-state index is 0.00333. The molecule has 3 aromatic carbocycles. The van der Waals surface area contributed by atoms with Crippen LogP contribution in [0, 0.1) is 0 Å². The van der Waals surface area contributed by atoms with E-state index in [1.165, 1.54) is 5.56 Å². The molecule has 0 aliphatic carbocycles. The van der Waals surface area contributed by atoms with Gasteiger partial charge in [-0.15, -0.1) is 0 Å². The molecule has 0 spiro atoms. The van der Waals surface area contributed by atoms with E-state index in [-0.39, 0.29) is 17.4 Å². The summed E-state index contributed by atoms with van der Waals surface area (Å²) >= 11 is 12.2. The number of benzene rings is 3. The molecule has 24 heavy (non-hydrogen) atoms. The Hall–Kier alpha value is -2.16. The van der Waals surface area contributed by atoms with Gasteiger partial charge in [0, 0.05) is 5.92 Å². The Bertz CT molecular complexity index is 796. The second kappa shape index (κ2) is 7.16. The van der Waals surface area contributed by atoms with Gasteiger partial charge in [-0.05, 0) is 47.4 Å². The van der Waals surface area contributed by atoms with Gasteiger partial charge >= 0.3 is 0 Å². The van der Waals surface area contributed by atoms with Crippen LogP contribution >= 0.6 is 23.2 Å². The first-order valence-electron chi connectivity index (χ1n) is 7.55. The molecule has 0 saturated carbocycles. The Kier molecular flexibility index (Phi) is 4.98. The van der Waals surface area contributed by atoms with Crippen molar-refractivity contribution in [1.29, 1.82) is 0 Å². The van der Waals surface area contributed by atoms with E-state index in [2.05, 4.69) is 12.1 Å². The van der Waals surface area contributed by atoms with Crippen molar-refractivity contribution >= 4 is 23.2 Å². The van der Waals surface area contributed by atoms with Crippen LogP contribution in [0.25, 0.3) is 0 Å². The minimum Gasteiger partial charge on any atom is -0.506 e. The second-order valence-corrected chi connectivity index (χ2v) is 6.48. The average Bonchev–Trinajstić information content (AvgIpc) is 2.59. The van der Waals surface area contributed by atoms with Crippen LogP contribution in [-0.2, 0) is 6.42 Å². The Morgan fingerprint density at radius 2 is 1.21 bits per heavy atom. The quantitative estimate of drug-likeness (QED) is 0.620. The summed E-state index contributed by atoms with van der Waals surface area (Å²) in [6.45, 7) is 0. The lowest BCUT2D eigenvalue weighted by Gasteiger charge is -2.19. The average molecular weight is 359 g/mol. The van der Waals surface area contributed by atoms with E-state index in [1.807, 2.05) is 30.3 Å². The SMILES string of the molecule is Oc1ccc(C(Cc2ccccc2)c2ccc(O)c(Cl)c2)cc1Cl. The number of rotatable bonds is 4. The second-order valence-electron chi connectivity index (χ2n) is 5.66. The molecule has 122 valence electrons. The van der Waals surface area contributed by atoms with Gasteiger partial charge in [0.2, 0.25) is 0 Å². The van der Waals surface area contributed by atoms with E-state index in [9.17, 15) is 10.2 Å². The molecule has 0 radical (unpaired) electrons. The molecule has 0 aliphatic rings. The van der Waals surface area contributed by atoms with Gasteiger partial charge in [0.15, 0.2) is 0 Å². The highest BCUT2D eigenvalue weighted by Crippen LogP contribution is 2.36. The van der Waals surface area contributed by atoms with Crippen molar-refractivity contribution < 1.29 is 10.2 Å². The first-order valence-corrected chi connectivity index (χ1v) is 8.31. The van der Waals surface area contributed by atoms with E-state index < -0.39 is 0 Å². The molecule has 0 bridgehead atoms. The smallest absolute Gasteiger partial charge is 0.134 e. The highest BCUT2D eigenvalue weighted by Gasteiger charge is 2.17. The maximum atomic E-state index is 9.68. The van der Waals surface area contributed by atoms with Gasteiger partial charge in [0.1, 0.15) is 11.5 Å². The highest BCUT2D eigenvalue weighted by molar-refractivity contribution is 6.32. The van der Waals surface area contributed by atoms with Crippen molar-refractivity contribution in [1.82, 2.24) is 0 Å². The molecule has 0 unspecified atom stereocenters. The van der Waals surface area contributed by atoms with Crippen molar-refractivity contribution in [3.8, 4) is 11.5 Å². The molecular formula is C20H16Cl2O2. The summed E-state index contributed by atoms with van der Waals surface area (Å²) in [6.07, 6.45) is 0.753. The predicted octanol–water partition coefficient (Wildman–Crippen LogP) is 5.78. The normalized spacial score (nSPS) is 11.0. The Morgan fingerprint density at radius 1 is 0.708 bits per heavy atom. The fourth-order valence-electron chi connectivity index (χ4n) is 2.76. The van der Waals surface area contributed by atoms with Crippen LogP contribution in [0.2, 0.25) is 10.0 Å². The van der Waals surface area contributed by atoms with Crippen LogP contribution in [0.1, 0.15) is 22.6 Å².